The molecular formula is C17H21NO2. The second-order valence-electron chi connectivity index (χ2n) is 5.05. The van der Waals surface area contributed by atoms with Crippen molar-refractivity contribution in [2.75, 3.05) is 0 Å². The van der Waals surface area contributed by atoms with E-state index in [-0.39, 0.29) is 17.9 Å². The molecule has 3 nitrogen and oxygen atoms in total. The van der Waals surface area contributed by atoms with Gasteiger partial charge in [-0.05, 0) is 38.0 Å². The standard InChI is InChI=1S/C17H21NO2/c1-4-15(14-8-6-5-7-9-14)17(19)18-13(3)16-11-10-12(2)20-16/h5-11,13,15H,4H2,1-3H3,(H,18,19). The van der Waals surface area contributed by atoms with Crippen molar-refractivity contribution in [1.82, 2.24) is 5.32 Å². The highest BCUT2D eigenvalue weighted by molar-refractivity contribution is 5.83. The number of aryl methyl sites for hydroxylation is 1. The minimum Gasteiger partial charge on any atom is -0.464 e. The monoisotopic (exact) mass is 271 g/mol. The van der Waals surface area contributed by atoms with Crippen molar-refractivity contribution in [3.05, 3.63) is 59.5 Å². The lowest BCUT2D eigenvalue weighted by Gasteiger charge is -2.18. The Balaban J connectivity index is 2.06. The molecule has 2 atom stereocenters. The molecule has 0 aliphatic carbocycles. The average molecular weight is 271 g/mol. The zero-order chi connectivity index (χ0) is 14.5. The second kappa shape index (κ2) is 6.42. The first-order chi connectivity index (χ1) is 9.61. The number of amides is 1. The molecule has 1 aromatic carbocycles. The number of carbonyl (C=O) groups is 1. The van der Waals surface area contributed by atoms with Crippen LogP contribution in [-0.2, 0) is 4.79 Å². The first kappa shape index (κ1) is 14.4. The molecule has 1 aromatic heterocycles. The summed E-state index contributed by atoms with van der Waals surface area (Å²) < 4.78 is 5.55. The lowest BCUT2D eigenvalue weighted by Crippen LogP contribution is -2.31. The summed E-state index contributed by atoms with van der Waals surface area (Å²) in [7, 11) is 0. The summed E-state index contributed by atoms with van der Waals surface area (Å²) in [4.78, 5) is 12.4. The van der Waals surface area contributed by atoms with E-state index in [1.54, 1.807) is 0 Å². The quantitative estimate of drug-likeness (QED) is 0.894. The predicted molar refractivity (Wildman–Crippen MR) is 79.5 cm³/mol. The van der Waals surface area contributed by atoms with Crippen molar-refractivity contribution in [3.63, 3.8) is 0 Å². The highest BCUT2D eigenvalue weighted by atomic mass is 16.3. The Morgan fingerprint density at radius 3 is 2.45 bits per heavy atom. The van der Waals surface area contributed by atoms with Crippen LogP contribution in [0.4, 0.5) is 0 Å². The molecular weight excluding hydrogens is 250 g/mol. The molecule has 0 fully saturated rings. The van der Waals surface area contributed by atoms with Gasteiger partial charge in [-0.15, -0.1) is 0 Å². The Labute approximate surface area is 120 Å². The average Bonchev–Trinajstić information content (AvgIpc) is 2.87. The predicted octanol–water partition coefficient (Wildman–Crippen LogP) is 3.96. The summed E-state index contributed by atoms with van der Waals surface area (Å²) >= 11 is 0. The lowest BCUT2D eigenvalue weighted by atomic mass is 9.95. The van der Waals surface area contributed by atoms with Crippen LogP contribution < -0.4 is 5.32 Å². The van der Waals surface area contributed by atoms with Gasteiger partial charge in [0.15, 0.2) is 0 Å². The van der Waals surface area contributed by atoms with E-state index in [4.69, 9.17) is 4.42 Å². The van der Waals surface area contributed by atoms with E-state index in [1.807, 2.05) is 63.2 Å². The zero-order valence-corrected chi connectivity index (χ0v) is 12.2. The van der Waals surface area contributed by atoms with Crippen LogP contribution in [0.3, 0.4) is 0 Å². The first-order valence-electron chi connectivity index (χ1n) is 7.03. The number of hydrogen-bond donors (Lipinski definition) is 1. The fourth-order valence-electron chi connectivity index (χ4n) is 2.33. The first-order valence-corrected chi connectivity index (χ1v) is 7.03. The molecule has 0 radical (unpaired) electrons. The van der Waals surface area contributed by atoms with Gasteiger partial charge in [0.25, 0.3) is 0 Å². The number of rotatable bonds is 5. The molecule has 0 spiro atoms. The number of furan rings is 1. The molecule has 1 N–H and O–H groups in total. The van der Waals surface area contributed by atoms with Gasteiger partial charge in [0, 0.05) is 0 Å². The third kappa shape index (κ3) is 3.29. The summed E-state index contributed by atoms with van der Waals surface area (Å²) in [5.41, 5.74) is 1.05. The molecule has 0 saturated heterocycles. The molecule has 0 aliphatic rings. The van der Waals surface area contributed by atoms with Gasteiger partial charge in [0.05, 0.1) is 12.0 Å². The Kier molecular flexibility index (Phi) is 4.61. The summed E-state index contributed by atoms with van der Waals surface area (Å²) in [6.07, 6.45) is 0.778. The van der Waals surface area contributed by atoms with Gasteiger partial charge in [-0.1, -0.05) is 37.3 Å². The SMILES string of the molecule is CCC(C(=O)NC(C)c1ccc(C)o1)c1ccccc1. The molecule has 0 bridgehead atoms. The van der Waals surface area contributed by atoms with E-state index in [1.165, 1.54) is 0 Å². The van der Waals surface area contributed by atoms with Crippen molar-refractivity contribution in [2.24, 2.45) is 0 Å². The third-order valence-corrected chi connectivity index (χ3v) is 3.47. The molecule has 1 amide bonds. The van der Waals surface area contributed by atoms with E-state index in [0.717, 1.165) is 23.5 Å². The van der Waals surface area contributed by atoms with Crippen molar-refractivity contribution < 1.29 is 9.21 Å². The molecule has 0 saturated carbocycles. The molecule has 2 rings (SSSR count). The van der Waals surface area contributed by atoms with E-state index in [2.05, 4.69) is 5.32 Å². The second-order valence-corrected chi connectivity index (χ2v) is 5.05. The van der Waals surface area contributed by atoms with Gasteiger partial charge in [-0.2, -0.15) is 0 Å². The highest BCUT2D eigenvalue weighted by Crippen LogP contribution is 2.22. The molecule has 106 valence electrons. The number of benzene rings is 1. The number of carbonyl (C=O) groups excluding carboxylic acids is 1. The Hall–Kier alpha value is -2.03. The molecule has 3 heteroatoms. The summed E-state index contributed by atoms with van der Waals surface area (Å²) in [5, 5.41) is 3.03. The summed E-state index contributed by atoms with van der Waals surface area (Å²) in [6.45, 7) is 5.86. The van der Waals surface area contributed by atoms with Crippen LogP contribution in [0, 0.1) is 6.92 Å². The summed E-state index contributed by atoms with van der Waals surface area (Å²) in [6, 6.07) is 13.6. The van der Waals surface area contributed by atoms with Crippen molar-refractivity contribution >= 4 is 5.91 Å². The van der Waals surface area contributed by atoms with Crippen LogP contribution in [0.2, 0.25) is 0 Å². The smallest absolute Gasteiger partial charge is 0.228 e. The van der Waals surface area contributed by atoms with Crippen LogP contribution >= 0.6 is 0 Å². The van der Waals surface area contributed by atoms with Crippen LogP contribution in [0.1, 0.15) is 49.3 Å². The van der Waals surface area contributed by atoms with Gasteiger partial charge in [-0.3, -0.25) is 4.79 Å². The number of hydrogen-bond acceptors (Lipinski definition) is 2. The molecule has 2 unspecified atom stereocenters. The normalized spacial score (nSPS) is 13.8. The van der Waals surface area contributed by atoms with Crippen LogP contribution in [-0.4, -0.2) is 5.91 Å². The van der Waals surface area contributed by atoms with Crippen LogP contribution in [0.5, 0.6) is 0 Å². The van der Waals surface area contributed by atoms with E-state index < -0.39 is 0 Å². The number of nitrogens with one attached hydrogen (secondary N) is 1. The van der Waals surface area contributed by atoms with Gasteiger partial charge in [-0.25, -0.2) is 0 Å². The van der Waals surface area contributed by atoms with Crippen molar-refractivity contribution in [1.29, 1.82) is 0 Å². The maximum atomic E-state index is 12.4. The van der Waals surface area contributed by atoms with E-state index >= 15 is 0 Å². The van der Waals surface area contributed by atoms with Crippen LogP contribution in [0.15, 0.2) is 46.9 Å². The Morgan fingerprint density at radius 2 is 1.90 bits per heavy atom. The van der Waals surface area contributed by atoms with Crippen molar-refractivity contribution in [3.8, 4) is 0 Å². The van der Waals surface area contributed by atoms with Crippen molar-refractivity contribution in [2.45, 2.75) is 39.2 Å². The van der Waals surface area contributed by atoms with E-state index in [9.17, 15) is 4.79 Å². The van der Waals surface area contributed by atoms with Crippen LogP contribution in [0.25, 0.3) is 0 Å². The Bertz CT molecular complexity index is 559. The maximum Gasteiger partial charge on any atom is 0.228 e. The minimum atomic E-state index is -0.117. The molecule has 0 aliphatic heterocycles. The molecule has 20 heavy (non-hydrogen) atoms. The topological polar surface area (TPSA) is 42.2 Å². The largest absolute Gasteiger partial charge is 0.464 e. The minimum absolute atomic E-state index is 0.0419. The maximum absolute atomic E-state index is 12.4. The van der Waals surface area contributed by atoms with Gasteiger partial charge in [0.2, 0.25) is 5.91 Å². The van der Waals surface area contributed by atoms with Gasteiger partial charge in [0.1, 0.15) is 11.5 Å². The fraction of sp³-hybridized carbons (Fsp3) is 0.353. The fourth-order valence-corrected chi connectivity index (χ4v) is 2.33. The molecule has 2 aromatic rings. The third-order valence-electron chi connectivity index (χ3n) is 3.47. The highest BCUT2D eigenvalue weighted by Gasteiger charge is 2.21. The Morgan fingerprint density at radius 1 is 1.20 bits per heavy atom. The molecule has 1 heterocycles. The lowest BCUT2D eigenvalue weighted by molar-refractivity contribution is -0.123. The van der Waals surface area contributed by atoms with Gasteiger partial charge >= 0.3 is 0 Å². The summed E-state index contributed by atoms with van der Waals surface area (Å²) in [5.74, 6) is 1.57. The van der Waals surface area contributed by atoms with Gasteiger partial charge < -0.3 is 9.73 Å². The van der Waals surface area contributed by atoms with E-state index in [0.29, 0.717) is 0 Å². The zero-order valence-electron chi connectivity index (χ0n) is 12.2.